The molecule has 36 heavy (non-hydrogen) atoms. The van der Waals surface area contributed by atoms with Crippen molar-refractivity contribution in [1.82, 2.24) is 10.2 Å². The van der Waals surface area contributed by atoms with E-state index in [0.29, 0.717) is 43.6 Å². The quantitative estimate of drug-likeness (QED) is 0.213. The molecule has 2 aromatic carbocycles. The van der Waals surface area contributed by atoms with Gasteiger partial charge in [-0.05, 0) is 72.8 Å². The van der Waals surface area contributed by atoms with Crippen LogP contribution in [0.3, 0.4) is 0 Å². The number of alkyl halides is 3. The normalized spacial score (nSPS) is 14.4. The number of carbonyl (C=O) groups excluding carboxylic acids is 2. The summed E-state index contributed by atoms with van der Waals surface area (Å²) in [5, 5.41) is 2.78. The minimum atomic E-state index is -5.72. The highest BCUT2D eigenvalue weighted by molar-refractivity contribution is 7.88. The maximum Gasteiger partial charge on any atom is 0.534 e. The fraction of sp³-hybridized carbons (Fsp3) is 0.333. The summed E-state index contributed by atoms with van der Waals surface area (Å²) in [6.07, 6.45) is 5.14. The molecule has 0 aliphatic carbocycles. The van der Waals surface area contributed by atoms with Crippen molar-refractivity contribution in [3.63, 3.8) is 0 Å². The maximum atomic E-state index is 12.6. The van der Waals surface area contributed by atoms with Crippen LogP contribution in [0.1, 0.15) is 39.9 Å². The number of carbonyl (C=O) groups is 2. The number of rotatable bonds is 10. The van der Waals surface area contributed by atoms with Crippen LogP contribution in [0.15, 0.2) is 48.5 Å². The van der Waals surface area contributed by atoms with Crippen LogP contribution >= 0.6 is 0 Å². The summed E-state index contributed by atoms with van der Waals surface area (Å²) in [5.74, 6) is -1.19. The van der Waals surface area contributed by atoms with Gasteiger partial charge >= 0.3 is 15.6 Å². The van der Waals surface area contributed by atoms with E-state index in [1.54, 1.807) is 36.4 Å². The second-order valence-electron chi connectivity index (χ2n) is 8.26. The largest absolute Gasteiger partial charge is 0.534 e. The highest BCUT2D eigenvalue weighted by Crippen LogP contribution is 2.29. The zero-order valence-electron chi connectivity index (χ0n) is 19.3. The number of hydrogen-bond acceptors (Lipinski definition) is 6. The number of nitrogens with two attached hydrogens (primary N) is 1. The van der Waals surface area contributed by atoms with Gasteiger partial charge in [-0.2, -0.15) is 21.6 Å². The number of benzene rings is 2. The van der Waals surface area contributed by atoms with Crippen molar-refractivity contribution in [1.29, 1.82) is 0 Å². The molecule has 1 heterocycles. The van der Waals surface area contributed by atoms with Crippen molar-refractivity contribution in [3.8, 4) is 5.75 Å². The Balaban J connectivity index is 1.42. The van der Waals surface area contributed by atoms with Gasteiger partial charge in [-0.15, -0.1) is 0 Å². The van der Waals surface area contributed by atoms with Crippen LogP contribution in [-0.2, 0) is 27.9 Å². The molecular formula is C24H26F3N3O5S. The predicted molar refractivity (Wildman–Crippen MR) is 127 cm³/mol. The maximum absolute atomic E-state index is 12.6. The standard InChI is InChI=1S/C24H26F3N3O5S/c25-24(26,27)36(33,34)35-21-8-7-18-10-13-30(16-20(18)15-21)12-2-1-11-29-22(31)9-6-17-4-3-5-19(14-17)23(28)32/h3-9,14-15H,1-2,10-13,16H2,(H2,28,32)(H,29,31). The molecule has 2 amide bonds. The van der Waals surface area contributed by atoms with E-state index in [4.69, 9.17) is 5.73 Å². The van der Waals surface area contributed by atoms with Gasteiger partial charge < -0.3 is 15.2 Å². The van der Waals surface area contributed by atoms with Crippen LogP contribution in [0.25, 0.3) is 6.08 Å². The van der Waals surface area contributed by atoms with E-state index in [-0.39, 0.29) is 11.7 Å². The fourth-order valence-corrected chi connectivity index (χ4v) is 4.16. The van der Waals surface area contributed by atoms with Crippen LogP contribution in [0.2, 0.25) is 0 Å². The number of nitrogens with zero attached hydrogens (tertiary/aromatic N) is 1. The number of amides is 2. The zero-order chi connectivity index (χ0) is 26.3. The molecule has 1 aliphatic rings. The number of nitrogens with one attached hydrogen (secondary N) is 1. The minimum absolute atomic E-state index is 0.271. The molecule has 2 aromatic rings. The van der Waals surface area contributed by atoms with E-state index >= 15 is 0 Å². The second kappa shape index (κ2) is 11.6. The van der Waals surface area contributed by atoms with Gasteiger partial charge in [0.15, 0.2) is 0 Å². The number of halogens is 3. The number of unbranched alkanes of at least 4 members (excludes halogenated alkanes) is 1. The predicted octanol–water partition coefficient (Wildman–Crippen LogP) is 2.98. The zero-order valence-corrected chi connectivity index (χ0v) is 20.1. The van der Waals surface area contributed by atoms with E-state index < -0.39 is 21.5 Å². The van der Waals surface area contributed by atoms with Crippen molar-refractivity contribution in [2.24, 2.45) is 5.73 Å². The molecule has 0 radical (unpaired) electrons. The first-order chi connectivity index (χ1) is 16.9. The van der Waals surface area contributed by atoms with Crippen LogP contribution in [0.5, 0.6) is 5.75 Å². The highest BCUT2D eigenvalue weighted by Gasteiger charge is 2.48. The van der Waals surface area contributed by atoms with Crippen molar-refractivity contribution >= 4 is 28.0 Å². The molecule has 194 valence electrons. The van der Waals surface area contributed by atoms with Gasteiger partial charge in [0.05, 0.1) is 0 Å². The van der Waals surface area contributed by atoms with Gasteiger partial charge in [0.25, 0.3) is 0 Å². The molecular weight excluding hydrogens is 499 g/mol. The van der Waals surface area contributed by atoms with Crippen LogP contribution in [0, 0.1) is 0 Å². The summed E-state index contributed by atoms with van der Waals surface area (Å²) in [6, 6.07) is 10.7. The minimum Gasteiger partial charge on any atom is -0.376 e. The van der Waals surface area contributed by atoms with Crippen molar-refractivity contribution < 1.29 is 35.4 Å². The monoisotopic (exact) mass is 525 g/mol. The van der Waals surface area contributed by atoms with Crippen LogP contribution in [0.4, 0.5) is 13.2 Å². The van der Waals surface area contributed by atoms with E-state index in [1.807, 2.05) is 0 Å². The molecule has 3 rings (SSSR count). The average Bonchev–Trinajstić information content (AvgIpc) is 2.81. The molecule has 0 saturated heterocycles. The molecule has 8 nitrogen and oxygen atoms in total. The van der Waals surface area contributed by atoms with Crippen molar-refractivity contribution in [2.45, 2.75) is 31.3 Å². The third kappa shape index (κ3) is 7.56. The van der Waals surface area contributed by atoms with Gasteiger partial charge in [0.1, 0.15) is 5.75 Å². The van der Waals surface area contributed by atoms with E-state index in [0.717, 1.165) is 24.1 Å². The Labute approximate surface area is 207 Å². The second-order valence-corrected chi connectivity index (χ2v) is 9.80. The smallest absolute Gasteiger partial charge is 0.376 e. The number of fused-ring (bicyclic) bond motifs is 1. The Hall–Kier alpha value is -3.38. The molecule has 0 bridgehead atoms. The summed E-state index contributed by atoms with van der Waals surface area (Å²) in [4.78, 5) is 25.3. The Morgan fingerprint density at radius 1 is 1.11 bits per heavy atom. The van der Waals surface area contributed by atoms with Gasteiger partial charge in [0, 0.05) is 31.3 Å². The molecule has 12 heteroatoms. The van der Waals surface area contributed by atoms with Crippen LogP contribution < -0.4 is 15.2 Å². The molecule has 0 aromatic heterocycles. The Bertz CT molecular complexity index is 1250. The average molecular weight is 526 g/mol. The lowest BCUT2D eigenvalue weighted by atomic mass is 9.99. The first-order valence-electron chi connectivity index (χ1n) is 11.2. The van der Waals surface area contributed by atoms with Gasteiger partial charge in [-0.3, -0.25) is 14.5 Å². The van der Waals surface area contributed by atoms with Gasteiger partial charge in [0.2, 0.25) is 11.8 Å². The molecule has 0 fully saturated rings. The Morgan fingerprint density at radius 2 is 1.89 bits per heavy atom. The summed E-state index contributed by atoms with van der Waals surface area (Å²) in [5.41, 5.74) is 2.44. The lowest BCUT2D eigenvalue weighted by Gasteiger charge is -2.29. The topological polar surface area (TPSA) is 119 Å². The fourth-order valence-electron chi connectivity index (χ4n) is 3.71. The summed E-state index contributed by atoms with van der Waals surface area (Å²) >= 11 is 0. The summed E-state index contributed by atoms with van der Waals surface area (Å²) in [7, 11) is -5.72. The first kappa shape index (κ1) is 27.2. The van der Waals surface area contributed by atoms with Gasteiger partial charge in [-0.25, -0.2) is 0 Å². The summed E-state index contributed by atoms with van der Waals surface area (Å²) in [6.45, 7) is 2.38. The van der Waals surface area contributed by atoms with Crippen LogP contribution in [-0.4, -0.2) is 50.3 Å². The third-order valence-electron chi connectivity index (χ3n) is 5.56. The Kier molecular flexibility index (Phi) is 8.75. The molecule has 1 aliphatic heterocycles. The van der Waals surface area contributed by atoms with E-state index in [2.05, 4.69) is 14.4 Å². The SMILES string of the molecule is NC(=O)c1cccc(C=CC(=O)NCCCCN2CCc3ccc(OS(=O)(=O)C(F)(F)F)cc3C2)c1. The molecule has 0 saturated carbocycles. The van der Waals surface area contributed by atoms with Crippen molar-refractivity contribution in [3.05, 3.63) is 70.8 Å². The number of primary amides is 1. The molecule has 0 atom stereocenters. The first-order valence-corrected chi connectivity index (χ1v) is 12.6. The number of hydrogen-bond donors (Lipinski definition) is 2. The van der Waals surface area contributed by atoms with E-state index in [9.17, 15) is 31.2 Å². The lowest BCUT2D eigenvalue weighted by Crippen LogP contribution is -2.32. The molecule has 3 N–H and O–H groups in total. The summed E-state index contributed by atoms with van der Waals surface area (Å²) < 4.78 is 64.4. The highest BCUT2D eigenvalue weighted by atomic mass is 32.2. The van der Waals surface area contributed by atoms with Crippen molar-refractivity contribution in [2.75, 3.05) is 19.6 Å². The lowest BCUT2D eigenvalue weighted by molar-refractivity contribution is -0.116. The van der Waals surface area contributed by atoms with E-state index in [1.165, 1.54) is 18.2 Å². The third-order valence-corrected chi connectivity index (χ3v) is 6.54. The molecule has 0 spiro atoms. The Morgan fingerprint density at radius 3 is 2.61 bits per heavy atom. The molecule has 0 unspecified atom stereocenters. The van der Waals surface area contributed by atoms with Gasteiger partial charge in [-0.1, -0.05) is 18.2 Å².